The summed E-state index contributed by atoms with van der Waals surface area (Å²) in [5.41, 5.74) is 8.66. The van der Waals surface area contributed by atoms with E-state index in [1.54, 1.807) is 0 Å². The molecular formula is C15H23BrN2. The molecule has 100 valence electrons. The molecule has 3 heteroatoms. The topological polar surface area (TPSA) is 29.3 Å². The van der Waals surface area contributed by atoms with E-state index in [-0.39, 0.29) is 6.04 Å². The van der Waals surface area contributed by atoms with E-state index in [1.165, 1.54) is 28.6 Å². The molecule has 0 aliphatic heterocycles. The van der Waals surface area contributed by atoms with Gasteiger partial charge in [-0.05, 0) is 66.2 Å². The molecule has 0 heterocycles. The molecule has 1 unspecified atom stereocenters. The van der Waals surface area contributed by atoms with E-state index in [1.807, 2.05) is 0 Å². The first kappa shape index (κ1) is 13.9. The van der Waals surface area contributed by atoms with Gasteiger partial charge in [-0.25, -0.2) is 0 Å². The summed E-state index contributed by atoms with van der Waals surface area (Å²) in [6.45, 7) is 5.45. The molecule has 1 aromatic rings. The zero-order chi connectivity index (χ0) is 13.1. The Balaban J connectivity index is 2.13. The second-order valence-corrected chi connectivity index (χ2v) is 6.03. The molecule has 1 aliphatic rings. The maximum atomic E-state index is 6.01. The number of halogens is 1. The predicted octanol–water partition coefficient (Wildman–Crippen LogP) is 3.72. The number of benzene rings is 1. The van der Waals surface area contributed by atoms with Crippen molar-refractivity contribution in [2.75, 3.05) is 11.4 Å². The van der Waals surface area contributed by atoms with Gasteiger partial charge in [0.1, 0.15) is 0 Å². The molecule has 1 aliphatic carbocycles. The average Bonchev–Trinajstić information content (AvgIpc) is 3.17. The number of hydrogen-bond acceptors (Lipinski definition) is 2. The van der Waals surface area contributed by atoms with Gasteiger partial charge in [0.2, 0.25) is 0 Å². The van der Waals surface area contributed by atoms with Gasteiger partial charge in [-0.2, -0.15) is 0 Å². The highest BCUT2D eigenvalue weighted by molar-refractivity contribution is 9.10. The van der Waals surface area contributed by atoms with Crippen LogP contribution in [0.3, 0.4) is 0 Å². The number of anilines is 1. The first-order chi connectivity index (χ1) is 8.65. The summed E-state index contributed by atoms with van der Waals surface area (Å²) in [5.74, 6) is 0. The summed E-state index contributed by atoms with van der Waals surface area (Å²) < 4.78 is 1.21. The van der Waals surface area contributed by atoms with Crippen molar-refractivity contribution in [1.82, 2.24) is 0 Å². The molecule has 0 radical (unpaired) electrons. The van der Waals surface area contributed by atoms with Crippen molar-refractivity contribution in [2.24, 2.45) is 5.73 Å². The summed E-state index contributed by atoms with van der Waals surface area (Å²) >= 11 is 3.71. The van der Waals surface area contributed by atoms with Gasteiger partial charge in [0.15, 0.2) is 0 Å². The molecule has 1 atom stereocenters. The van der Waals surface area contributed by atoms with Crippen LogP contribution in [0.25, 0.3) is 0 Å². The van der Waals surface area contributed by atoms with Gasteiger partial charge in [-0.15, -0.1) is 0 Å². The van der Waals surface area contributed by atoms with Gasteiger partial charge >= 0.3 is 0 Å². The lowest BCUT2D eigenvalue weighted by Gasteiger charge is -2.24. The van der Waals surface area contributed by atoms with Crippen molar-refractivity contribution < 1.29 is 0 Å². The van der Waals surface area contributed by atoms with Crippen LogP contribution < -0.4 is 10.6 Å². The maximum absolute atomic E-state index is 6.01. The average molecular weight is 311 g/mol. The van der Waals surface area contributed by atoms with Crippen molar-refractivity contribution in [3.63, 3.8) is 0 Å². The van der Waals surface area contributed by atoms with E-state index >= 15 is 0 Å². The SMILES string of the molecule is CCC(N)Cc1ccc(N(CC)C2CC2)c(Br)c1. The predicted molar refractivity (Wildman–Crippen MR) is 82.2 cm³/mol. The fourth-order valence-corrected chi connectivity index (χ4v) is 3.02. The van der Waals surface area contributed by atoms with E-state index in [0.29, 0.717) is 0 Å². The van der Waals surface area contributed by atoms with Crippen molar-refractivity contribution in [1.29, 1.82) is 0 Å². The fourth-order valence-electron chi connectivity index (χ4n) is 2.37. The van der Waals surface area contributed by atoms with Crippen LogP contribution in [0.2, 0.25) is 0 Å². The Labute approximate surface area is 119 Å². The maximum Gasteiger partial charge on any atom is 0.0513 e. The van der Waals surface area contributed by atoms with Gasteiger partial charge in [-0.3, -0.25) is 0 Å². The lowest BCUT2D eigenvalue weighted by atomic mass is 10.0. The Hall–Kier alpha value is -0.540. The van der Waals surface area contributed by atoms with Crippen LogP contribution >= 0.6 is 15.9 Å². The third-order valence-electron chi connectivity index (χ3n) is 3.67. The van der Waals surface area contributed by atoms with Crippen LogP contribution in [-0.2, 0) is 6.42 Å². The second kappa shape index (κ2) is 6.07. The Morgan fingerprint density at radius 2 is 2.11 bits per heavy atom. The first-order valence-electron chi connectivity index (χ1n) is 6.96. The Bertz CT molecular complexity index is 401. The first-order valence-corrected chi connectivity index (χ1v) is 7.75. The normalized spacial score (nSPS) is 16.7. The van der Waals surface area contributed by atoms with Crippen LogP contribution in [0, 0.1) is 0 Å². The molecule has 1 aromatic carbocycles. The number of nitrogens with two attached hydrogens (primary N) is 1. The van der Waals surface area contributed by atoms with Crippen molar-refractivity contribution >= 4 is 21.6 Å². The van der Waals surface area contributed by atoms with Crippen LogP contribution in [0.1, 0.15) is 38.7 Å². The van der Waals surface area contributed by atoms with E-state index in [2.05, 4.69) is 52.9 Å². The van der Waals surface area contributed by atoms with E-state index in [0.717, 1.165) is 25.4 Å². The van der Waals surface area contributed by atoms with Crippen LogP contribution in [0.5, 0.6) is 0 Å². The second-order valence-electron chi connectivity index (χ2n) is 5.18. The van der Waals surface area contributed by atoms with Gasteiger partial charge in [0.05, 0.1) is 5.69 Å². The van der Waals surface area contributed by atoms with Gasteiger partial charge in [0.25, 0.3) is 0 Å². The lowest BCUT2D eigenvalue weighted by molar-refractivity contribution is 0.646. The summed E-state index contributed by atoms with van der Waals surface area (Å²) in [7, 11) is 0. The van der Waals surface area contributed by atoms with Crippen LogP contribution in [-0.4, -0.2) is 18.6 Å². The van der Waals surface area contributed by atoms with Gasteiger partial charge in [-0.1, -0.05) is 13.0 Å². The molecule has 0 amide bonds. The van der Waals surface area contributed by atoms with Crippen molar-refractivity contribution in [3.8, 4) is 0 Å². The zero-order valence-corrected chi connectivity index (χ0v) is 12.9. The van der Waals surface area contributed by atoms with Crippen LogP contribution in [0.15, 0.2) is 22.7 Å². The quantitative estimate of drug-likeness (QED) is 0.867. The molecule has 2 nitrogen and oxygen atoms in total. The Kier molecular flexibility index (Phi) is 4.68. The van der Waals surface area contributed by atoms with Crippen molar-refractivity contribution in [2.45, 2.75) is 51.6 Å². The standard InChI is InChI=1S/C15H23BrN2/c1-3-12(17)9-11-5-8-15(14(16)10-11)18(4-2)13-6-7-13/h5,8,10,12-13H,3-4,6-7,9,17H2,1-2H3. The molecule has 2 N–H and O–H groups in total. The highest BCUT2D eigenvalue weighted by atomic mass is 79.9. The molecule has 0 saturated heterocycles. The molecule has 1 saturated carbocycles. The molecule has 1 fully saturated rings. The molecule has 2 rings (SSSR count). The monoisotopic (exact) mass is 310 g/mol. The number of nitrogens with zero attached hydrogens (tertiary/aromatic N) is 1. The summed E-state index contributed by atoms with van der Waals surface area (Å²) in [4.78, 5) is 2.49. The van der Waals surface area contributed by atoms with E-state index in [9.17, 15) is 0 Å². The lowest BCUT2D eigenvalue weighted by Crippen LogP contribution is -2.25. The summed E-state index contributed by atoms with van der Waals surface area (Å²) in [6, 6.07) is 7.73. The minimum atomic E-state index is 0.272. The Morgan fingerprint density at radius 1 is 1.39 bits per heavy atom. The number of rotatable bonds is 6. The smallest absolute Gasteiger partial charge is 0.0513 e. The molecule has 0 spiro atoms. The molecule has 0 bridgehead atoms. The molecule has 18 heavy (non-hydrogen) atoms. The van der Waals surface area contributed by atoms with Gasteiger partial charge < -0.3 is 10.6 Å². The summed E-state index contributed by atoms with van der Waals surface area (Å²) in [5, 5.41) is 0. The summed E-state index contributed by atoms with van der Waals surface area (Å²) in [6.07, 6.45) is 4.67. The third kappa shape index (κ3) is 3.27. The highest BCUT2D eigenvalue weighted by Crippen LogP contribution is 2.36. The zero-order valence-electron chi connectivity index (χ0n) is 11.3. The van der Waals surface area contributed by atoms with Gasteiger partial charge in [0, 0.05) is 23.1 Å². The third-order valence-corrected chi connectivity index (χ3v) is 4.31. The highest BCUT2D eigenvalue weighted by Gasteiger charge is 2.29. The number of hydrogen-bond donors (Lipinski definition) is 1. The molecule has 0 aromatic heterocycles. The van der Waals surface area contributed by atoms with Crippen LogP contribution in [0.4, 0.5) is 5.69 Å². The van der Waals surface area contributed by atoms with E-state index in [4.69, 9.17) is 5.73 Å². The van der Waals surface area contributed by atoms with E-state index < -0.39 is 0 Å². The largest absolute Gasteiger partial charge is 0.368 e. The minimum Gasteiger partial charge on any atom is -0.368 e. The minimum absolute atomic E-state index is 0.272. The van der Waals surface area contributed by atoms with Crippen molar-refractivity contribution in [3.05, 3.63) is 28.2 Å². The molecular weight excluding hydrogens is 288 g/mol. The Morgan fingerprint density at radius 3 is 2.61 bits per heavy atom. The fraction of sp³-hybridized carbons (Fsp3) is 0.600.